The van der Waals surface area contributed by atoms with Gasteiger partial charge >= 0.3 is 0 Å². The molecular weight excluding hydrogens is 448 g/mol. The molecule has 4 heteroatoms. The summed E-state index contributed by atoms with van der Waals surface area (Å²) in [5, 5.41) is 12.3. The van der Waals surface area contributed by atoms with Crippen LogP contribution in [0.5, 0.6) is 0 Å². The van der Waals surface area contributed by atoms with Crippen LogP contribution in [-0.2, 0) is 20.8 Å². The van der Waals surface area contributed by atoms with Crippen LogP contribution in [0.25, 0.3) is 0 Å². The van der Waals surface area contributed by atoms with E-state index in [1.807, 2.05) is 18.2 Å². The monoisotopic (exact) mass is 496 g/mol. The first kappa shape index (κ1) is 28.1. The van der Waals surface area contributed by atoms with Crippen LogP contribution < -0.4 is 0 Å². The van der Waals surface area contributed by atoms with Crippen molar-refractivity contribution in [1.82, 2.24) is 0 Å². The van der Waals surface area contributed by atoms with Gasteiger partial charge in [0.15, 0.2) is 8.32 Å². The Kier molecular flexibility index (Phi) is 9.07. The minimum atomic E-state index is -2.20. The molecule has 3 rings (SSSR count). The Bertz CT molecular complexity index is 909. The Labute approximate surface area is 215 Å². The van der Waals surface area contributed by atoms with Crippen molar-refractivity contribution in [3.63, 3.8) is 0 Å². The quantitative estimate of drug-likeness (QED) is 0.362. The van der Waals surface area contributed by atoms with Gasteiger partial charge in [0.1, 0.15) is 0 Å². The molecular formula is C31H48O3Si. The van der Waals surface area contributed by atoms with Crippen molar-refractivity contribution < 1.29 is 14.3 Å². The average Bonchev–Trinajstić information content (AvgIpc) is 2.83. The Morgan fingerprint density at radius 1 is 0.971 bits per heavy atom. The number of hydrogen-bond donors (Lipinski definition) is 1. The molecule has 0 aliphatic heterocycles. The lowest BCUT2D eigenvalue weighted by Gasteiger charge is -2.54. The van der Waals surface area contributed by atoms with Crippen molar-refractivity contribution in [1.29, 1.82) is 0 Å². The Balaban J connectivity index is 1.79. The number of benzene rings is 2. The summed E-state index contributed by atoms with van der Waals surface area (Å²) in [5.74, 6) is 0.0114. The minimum absolute atomic E-state index is 0.00836. The highest BCUT2D eigenvalue weighted by atomic mass is 28.4. The Morgan fingerprint density at radius 3 is 2.20 bits per heavy atom. The molecule has 35 heavy (non-hydrogen) atoms. The molecule has 0 aromatic heterocycles. The Hall–Kier alpha value is -1.46. The molecule has 0 unspecified atom stereocenters. The van der Waals surface area contributed by atoms with Crippen LogP contribution in [0, 0.1) is 11.3 Å². The van der Waals surface area contributed by atoms with E-state index < -0.39 is 13.9 Å². The Morgan fingerprint density at radius 2 is 1.57 bits per heavy atom. The maximum absolute atomic E-state index is 12.3. The van der Waals surface area contributed by atoms with Gasteiger partial charge in [-0.05, 0) is 37.1 Å². The van der Waals surface area contributed by atoms with Gasteiger partial charge < -0.3 is 14.3 Å². The summed E-state index contributed by atoms with van der Waals surface area (Å²) in [6.07, 6.45) is 5.13. The van der Waals surface area contributed by atoms with Gasteiger partial charge in [0.25, 0.3) is 0 Å². The van der Waals surface area contributed by atoms with E-state index in [1.54, 1.807) is 0 Å². The first-order valence-electron chi connectivity index (χ1n) is 13.5. The molecule has 0 heterocycles. The molecule has 0 amide bonds. The third-order valence-electron chi connectivity index (χ3n) is 9.18. The smallest absolute Gasteiger partial charge is 0.197 e. The molecule has 1 N–H and O–H groups in total. The topological polar surface area (TPSA) is 38.7 Å². The van der Waals surface area contributed by atoms with Gasteiger partial charge in [-0.1, -0.05) is 115 Å². The normalized spacial score (nSPS) is 24.4. The van der Waals surface area contributed by atoms with Gasteiger partial charge in [-0.15, -0.1) is 0 Å². The first-order valence-corrected chi connectivity index (χ1v) is 16.4. The molecule has 2 aromatic rings. The van der Waals surface area contributed by atoms with Crippen molar-refractivity contribution in [3.05, 3.63) is 71.8 Å². The summed E-state index contributed by atoms with van der Waals surface area (Å²) in [4.78, 5) is 0. The lowest BCUT2D eigenvalue weighted by molar-refractivity contribution is -0.174. The van der Waals surface area contributed by atoms with E-state index in [4.69, 9.17) is 9.16 Å². The maximum atomic E-state index is 12.3. The standard InChI is InChI=1S/C31H48O3Si/c1-25(23-33-24-26-17-11-8-12-18-26)31(32)22-16-10-15-21-28(29(31,2)3)34-35(6,7)30(4,5)27-19-13-9-14-20-27/h8-9,11-14,17-20,25,28,32H,10,15-16,21-24H2,1-7H3/t25-,28+,31+/m0/s1. The van der Waals surface area contributed by atoms with E-state index in [2.05, 4.69) is 90.2 Å². The highest BCUT2D eigenvalue weighted by Crippen LogP contribution is 2.49. The van der Waals surface area contributed by atoms with Crippen LogP contribution in [-0.4, -0.2) is 31.7 Å². The fourth-order valence-electron chi connectivity index (χ4n) is 5.72. The van der Waals surface area contributed by atoms with Crippen molar-refractivity contribution in [3.8, 4) is 0 Å². The third kappa shape index (κ3) is 6.10. The lowest BCUT2D eigenvalue weighted by Crippen LogP contribution is -2.61. The van der Waals surface area contributed by atoms with Crippen LogP contribution >= 0.6 is 0 Å². The summed E-state index contributed by atoms with van der Waals surface area (Å²) >= 11 is 0. The number of aliphatic hydroxyl groups is 1. The van der Waals surface area contributed by atoms with E-state index in [9.17, 15) is 5.11 Å². The van der Waals surface area contributed by atoms with Crippen molar-refractivity contribution in [2.24, 2.45) is 11.3 Å². The predicted molar refractivity (Wildman–Crippen MR) is 149 cm³/mol. The van der Waals surface area contributed by atoms with E-state index in [0.29, 0.717) is 13.2 Å². The van der Waals surface area contributed by atoms with Crippen LogP contribution in [0.15, 0.2) is 60.7 Å². The van der Waals surface area contributed by atoms with Crippen LogP contribution in [0.1, 0.15) is 77.8 Å². The van der Waals surface area contributed by atoms with Crippen molar-refractivity contribution in [2.75, 3.05) is 6.61 Å². The zero-order valence-electron chi connectivity index (χ0n) is 23.1. The van der Waals surface area contributed by atoms with Crippen LogP contribution in [0.2, 0.25) is 13.1 Å². The summed E-state index contributed by atoms with van der Waals surface area (Å²) < 4.78 is 13.3. The van der Waals surface area contributed by atoms with E-state index in [0.717, 1.165) is 32.1 Å². The van der Waals surface area contributed by atoms with E-state index >= 15 is 0 Å². The van der Waals surface area contributed by atoms with Crippen molar-refractivity contribution >= 4 is 8.32 Å². The summed E-state index contributed by atoms with van der Waals surface area (Å²) in [6, 6.07) is 21.1. The predicted octanol–water partition coefficient (Wildman–Crippen LogP) is 7.67. The molecule has 0 spiro atoms. The molecule has 0 radical (unpaired) electrons. The molecule has 1 aliphatic carbocycles. The summed E-state index contributed by atoms with van der Waals surface area (Å²) in [6.45, 7) is 17.1. The molecule has 0 saturated heterocycles. The number of ether oxygens (including phenoxy) is 1. The molecule has 3 nitrogen and oxygen atoms in total. The zero-order chi connectivity index (χ0) is 25.7. The average molecular weight is 497 g/mol. The molecule has 1 saturated carbocycles. The molecule has 194 valence electrons. The van der Waals surface area contributed by atoms with Gasteiger partial charge in [-0.3, -0.25) is 0 Å². The number of rotatable bonds is 9. The summed E-state index contributed by atoms with van der Waals surface area (Å²) in [7, 11) is -2.20. The SMILES string of the molecule is C[C@@H](COCc1ccccc1)[C@]1(O)CCCCC[C@@H](O[Si](C)(C)C(C)(C)c2ccccc2)C1(C)C. The second kappa shape index (κ2) is 11.3. The van der Waals surface area contributed by atoms with E-state index in [-0.39, 0.29) is 22.5 Å². The van der Waals surface area contributed by atoms with Gasteiger partial charge in [-0.25, -0.2) is 0 Å². The van der Waals surface area contributed by atoms with Crippen molar-refractivity contribution in [2.45, 2.75) is 103 Å². The number of hydrogen-bond acceptors (Lipinski definition) is 3. The van der Waals surface area contributed by atoms with Gasteiger partial charge in [0.2, 0.25) is 0 Å². The fraction of sp³-hybridized carbons (Fsp3) is 0.613. The molecule has 1 aliphatic rings. The highest BCUT2D eigenvalue weighted by Gasteiger charge is 2.54. The zero-order valence-corrected chi connectivity index (χ0v) is 24.1. The largest absolute Gasteiger partial charge is 0.413 e. The second-order valence-electron chi connectivity index (χ2n) is 12.3. The molecule has 2 aromatic carbocycles. The van der Waals surface area contributed by atoms with Gasteiger partial charge in [-0.2, -0.15) is 0 Å². The molecule has 0 bridgehead atoms. The second-order valence-corrected chi connectivity index (χ2v) is 16.8. The first-order chi connectivity index (χ1) is 16.4. The third-order valence-corrected chi connectivity index (χ3v) is 13.3. The van der Waals surface area contributed by atoms with Gasteiger partial charge in [0.05, 0.1) is 24.9 Å². The fourth-order valence-corrected chi connectivity index (χ4v) is 8.00. The maximum Gasteiger partial charge on any atom is 0.197 e. The highest BCUT2D eigenvalue weighted by molar-refractivity contribution is 6.74. The van der Waals surface area contributed by atoms with Crippen LogP contribution in [0.4, 0.5) is 0 Å². The van der Waals surface area contributed by atoms with E-state index in [1.165, 1.54) is 11.1 Å². The lowest BCUT2D eigenvalue weighted by atomic mass is 9.61. The molecule has 3 atom stereocenters. The minimum Gasteiger partial charge on any atom is -0.413 e. The van der Waals surface area contributed by atoms with Gasteiger partial charge in [0, 0.05) is 16.4 Å². The summed E-state index contributed by atoms with van der Waals surface area (Å²) in [5.41, 5.74) is 1.26. The molecule has 1 fully saturated rings. The van der Waals surface area contributed by atoms with Crippen LogP contribution in [0.3, 0.4) is 0 Å².